The van der Waals surface area contributed by atoms with E-state index in [1.807, 2.05) is 6.07 Å². The van der Waals surface area contributed by atoms with Gasteiger partial charge in [0.1, 0.15) is 6.07 Å². The smallest absolute Gasteiger partial charge is 0.101 e. The van der Waals surface area contributed by atoms with Gasteiger partial charge in [0.15, 0.2) is 0 Å². The Morgan fingerprint density at radius 3 is 2.67 bits per heavy atom. The largest absolute Gasteiger partial charge is 0.370 e. The molecule has 0 amide bonds. The van der Waals surface area contributed by atoms with E-state index in [1.54, 1.807) is 0 Å². The summed E-state index contributed by atoms with van der Waals surface area (Å²) in [6.45, 7) is 9.33. The zero-order chi connectivity index (χ0) is 15.2. The summed E-state index contributed by atoms with van der Waals surface area (Å²) in [5.74, 6) is 0.818. The van der Waals surface area contributed by atoms with Crippen LogP contribution in [0.2, 0.25) is 0 Å². The Kier molecular flexibility index (Phi) is 5.64. The van der Waals surface area contributed by atoms with Gasteiger partial charge in [-0.25, -0.2) is 0 Å². The van der Waals surface area contributed by atoms with Crippen LogP contribution in [0.3, 0.4) is 0 Å². The Labute approximate surface area is 129 Å². The molecule has 0 unspecified atom stereocenters. The van der Waals surface area contributed by atoms with Crippen molar-refractivity contribution in [3.63, 3.8) is 0 Å². The topological polar surface area (TPSA) is 39.1 Å². The molecule has 0 radical (unpaired) electrons. The zero-order valence-corrected chi connectivity index (χ0v) is 13.5. The van der Waals surface area contributed by atoms with Crippen molar-refractivity contribution in [3.05, 3.63) is 29.3 Å². The van der Waals surface area contributed by atoms with Crippen LogP contribution in [0, 0.1) is 17.2 Å². The van der Waals surface area contributed by atoms with Crippen molar-refractivity contribution in [1.29, 1.82) is 5.26 Å². The second-order valence-electron chi connectivity index (χ2n) is 6.33. The van der Waals surface area contributed by atoms with E-state index in [4.69, 9.17) is 0 Å². The Hall–Kier alpha value is -1.53. The molecule has 0 saturated heterocycles. The molecule has 0 bridgehead atoms. The Morgan fingerprint density at radius 2 is 2.14 bits per heavy atom. The number of hydrogen-bond acceptors (Lipinski definition) is 3. The Balaban J connectivity index is 2.12. The van der Waals surface area contributed by atoms with E-state index in [2.05, 4.69) is 49.2 Å². The zero-order valence-electron chi connectivity index (χ0n) is 13.5. The molecule has 2 rings (SSSR count). The minimum Gasteiger partial charge on any atom is -0.370 e. The van der Waals surface area contributed by atoms with Gasteiger partial charge in [0, 0.05) is 25.7 Å². The fourth-order valence-electron chi connectivity index (χ4n) is 2.77. The highest BCUT2D eigenvalue weighted by atomic mass is 15.1. The summed E-state index contributed by atoms with van der Waals surface area (Å²) in [5.41, 5.74) is 3.09. The van der Waals surface area contributed by atoms with E-state index in [0.29, 0.717) is 6.04 Å². The summed E-state index contributed by atoms with van der Waals surface area (Å²) >= 11 is 0. The molecule has 3 nitrogen and oxygen atoms in total. The van der Waals surface area contributed by atoms with Gasteiger partial charge in [0.25, 0.3) is 0 Å². The molecule has 114 valence electrons. The molecule has 1 N–H and O–H groups in total. The maximum absolute atomic E-state index is 9.47. The lowest BCUT2D eigenvalue weighted by molar-refractivity contribution is 0.318. The highest BCUT2D eigenvalue weighted by Gasteiger charge is 2.21. The van der Waals surface area contributed by atoms with Crippen molar-refractivity contribution in [3.8, 4) is 6.07 Å². The van der Waals surface area contributed by atoms with Gasteiger partial charge >= 0.3 is 0 Å². The molecule has 1 fully saturated rings. The van der Waals surface area contributed by atoms with Gasteiger partial charge in [0.2, 0.25) is 0 Å². The SMILES string of the molecule is CCN(CC1CCC1)c1ccc(CNC(C)C)cc1C#N. The number of benzene rings is 1. The molecule has 1 aliphatic carbocycles. The predicted molar refractivity (Wildman–Crippen MR) is 88.4 cm³/mol. The Bertz CT molecular complexity index is 498. The number of nitriles is 1. The van der Waals surface area contributed by atoms with Crippen LogP contribution in [-0.4, -0.2) is 19.1 Å². The van der Waals surface area contributed by atoms with Gasteiger partial charge in [-0.15, -0.1) is 0 Å². The monoisotopic (exact) mass is 285 g/mol. The molecule has 0 aliphatic heterocycles. The molecule has 1 aliphatic rings. The summed E-state index contributed by atoms with van der Waals surface area (Å²) < 4.78 is 0. The summed E-state index contributed by atoms with van der Waals surface area (Å²) in [5, 5.41) is 12.9. The quantitative estimate of drug-likeness (QED) is 0.830. The van der Waals surface area contributed by atoms with Gasteiger partial charge in [-0.05, 0) is 43.4 Å². The van der Waals surface area contributed by atoms with Crippen LogP contribution in [0.1, 0.15) is 51.2 Å². The van der Waals surface area contributed by atoms with Gasteiger partial charge in [-0.2, -0.15) is 5.26 Å². The first-order valence-corrected chi connectivity index (χ1v) is 8.15. The molecular weight excluding hydrogens is 258 g/mol. The van der Waals surface area contributed by atoms with Crippen molar-refractivity contribution < 1.29 is 0 Å². The molecule has 21 heavy (non-hydrogen) atoms. The number of nitrogens with zero attached hydrogens (tertiary/aromatic N) is 2. The highest BCUT2D eigenvalue weighted by molar-refractivity contribution is 5.60. The lowest BCUT2D eigenvalue weighted by atomic mass is 9.85. The molecule has 0 spiro atoms. The maximum Gasteiger partial charge on any atom is 0.101 e. The number of rotatable bonds is 7. The Morgan fingerprint density at radius 1 is 1.38 bits per heavy atom. The highest BCUT2D eigenvalue weighted by Crippen LogP contribution is 2.30. The standard InChI is InChI=1S/C18H27N3/c1-4-21(13-15-6-5-7-15)18-9-8-16(10-17(18)11-19)12-20-14(2)3/h8-10,14-15,20H,4-7,12-13H2,1-3H3. The summed E-state index contributed by atoms with van der Waals surface area (Å²) in [6.07, 6.45) is 4.05. The van der Waals surface area contributed by atoms with Crippen LogP contribution in [0.4, 0.5) is 5.69 Å². The van der Waals surface area contributed by atoms with Crippen molar-refractivity contribution >= 4 is 5.69 Å². The van der Waals surface area contributed by atoms with Gasteiger partial charge < -0.3 is 10.2 Å². The second kappa shape index (κ2) is 7.47. The fraction of sp³-hybridized carbons (Fsp3) is 0.611. The van der Waals surface area contributed by atoms with Crippen LogP contribution < -0.4 is 10.2 Å². The van der Waals surface area contributed by atoms with Crippen molar-refractivity contribution in [2.45, 2.75) is 52.6 Å². The summed E-state index contributed by atoms with van der Waals surface area (Å²) in [7, 11) is 0. The van der Waals surface area contributed by atoms with Gasteiger partial charge in [0.05, 0.1) is 11.3 Å². The molecule has 1 aromatic carbocycles. The third-order valence-corrected chi connectivity index (χ3v) is 4.32. The van der Waals surface area contributed by atoms with E-state index in [9.17, 15) is 5.26 Å². The van der Waals surface area contributed by atoms with E-state index >= 15 is 0 Å². The summed E-state index contributed by atoms with van der Waals surface area (Å²) in [6, 6.07) is 9.14. The molecule has 0 heterocycles. The normalized spacial score (nSPS) is 14.8. The minimum atomic E-state index is 0.459. The fourth-order valence-corrected chi connectivity index (χ4v) is 2.77. The second-order valence-corrected chi connectivity index (χ2v) is 6.33. The van der Waals surface area contributed by atoms with Gasteiger partial charge in [-0.1, -0.05) is 26.3 Å². The molecular formula is C18H27N3. The van der Waals surface area contributed by atoms with Crippen LogP contribution in [-0.2, 0) is 6.54 Å². The van der Waals surface area contributed by atoms with Crippen molar-refractivity contribution in [1.82, 2.24) is 5.32 Å². The third-order valence-electron chi connectivity index (χ3n) is 4.32. The van der Waals surface area contributed by atoms with E-state index in [1.165, 1.54) is 24.8 Å². The molecule has 0 atom stereocenters. The lowest BCUT2D eigenvalue weighted by Gasteiger charge is -2.33. The third kappa shape index (κ3) is 4.22. The predicted octanol–water partition coefficient (Wildman–Crippen LogP) is 3.68. The van der Waals surface area contributed by atoms with Crippen LogP contribution >= 0.6 is 0 Å². The average molecular weight is 285 g/mol. The number of anilines is 1. The first kappa shape index (κ1) is 15.9. The molecule has 1 aromatic rings. The summed E-state index contributed by atoms with van der Waals surface area (Å²) in [4.78, 5) is 2.36. The lowest BCUT2D eigenvalue weighted by Crippen LogP contribution is -2.33. The first-order valence-electron chi connectivity index (χ1n) is 8.15. The van der Waals surface area contributed by atoms with Crippen LogP contribution in [0.5, 0.6) is 0 Å². The minimum absolute atomic E-state index is 0.459. The maximum atomic E-state index is 9.47. The molecule has 3 heteroatoms. The number of nitrogens with one attached hydrogen (secondary N) is 1. The molecule has 0 aromatic heterocycles. The number of hydrogen-bond donors (Lipinski definition) is 1. The van der Waals surface area contributed by atoms with E-state index in [-0.39, 0.29) is 0 Å². The first-order chi connectivity index (χ1) is 10.1. The van der Waals surface area contributed by atoms with Gasteiger partial charge in [-0.3, -0.25) is 0 Å². The molecule has 1 saturated carbocycles. The average Bonchev–Trinajstić information content (AvgIpc) is 2.44. The van der Waals surface area contributed by atoms with E-state index < -0.39 is 0 Å². The van der Waals surface area contributed by atoms with Crippen molar-refractivity contribution in [2.75, 3.05) is 18.0 Å². The van der Waals surface area contributed by atoms with Crippen LogP contribution in [0.25, 0.3) is 0 Å². The van der Waals surface area contributed by atoms with Crippen molar-refractivity contribution in [2.24, 2.45) is 5.92 Å². The van der Waals surface area contributed by atoms with Crippen LogP contribution in [0.15, 0.2) is 18.2 Å². The van der Waals surface area contributed by atoms with E-state index in [0.717, 1.165) is 36.8 Å².